The summed E-state index contributed by atoms with van der Waals surface area (Å²) in [5.74, 6) is 1.02. The molecule has 8 rings (SSSR count). The van der Waals surface area contributed by atoms with E-state index in [4.69, 9.17) is 26.1 Å². The Morgan fingerprint density at radius 1 is 0.934 bits per heavy atom. The van der Waals surface area contributed by atoms with E-state index < -0.39 is 30.3 Å². The zero-order chi connectivity index (χ0) is 43.3. The molecule has 3 aromatic carbocycles. The van der Waals surface area contributed by atoms with Crippen LogP contribution in [0.1, 0.15) is 77.1 Å². The number of aromatic amines is 2. The van der Waals surface area contributed by atoms with Crippen LogP contribution in [0.3, 0.4) is 0 Å². The molecule has 4 N–H and O–H groups in total. The standard InChI is InChI=1S/C46H51ClN8O6/c1-23(2)18-35(51-45(58)60-6)43(56)55-30-12-8-29(20-30)40(55)42-49-34-15-11-28-19-26(9-13-31(28)38(34)52-42)27-10-14-32(33(47)21-27)36-22-48-41(50-36)39-25(5)16-17-54(39)44(57)37(24(3)4)53-46(59)61-7/h9-11,13-15,18-19,21-22,24,29-30,35,37,39-40H,5,8,12,16-17,20H2,1-4,6-7H3,(H,48,50)(H,49,52)(H,51,58)(H,53,59)/t29-,30?,35-,37-,39-,40?/m0/s1. The van der Waals surface area contributed by atoms with Crippen LogP contribution in [-0.4, -0.2) is 92.6 Å². The van der Waals surface area contributed by atoms with E-state index in [1.807, 2.05) is 56.9 Å². The fraction of sp³-hybridized carbons (Fsp3) is 0.391. The number of nitrogens with zero attached hydrogens (tertiary/aromatic N) is 4. The lowest BCUT2D eigenvalue weighted by atomic mass is 9.97. The quantitative estimate of drug-likeness (QED) is 0.101. The Hall–Kier alpha value is -6.15. The summed E-state index contributed by atoms with van der Waals surface area (Å²) in [5.41, 5.74) is 6.84. The zero-order valence-corrected chi connectivity index (χ0v) is 35.9. The summed E-state index contributed by atoms with van der Waals surface area (Å²) < 4.78 is 9.61. The maximum absolute atomic E-state index is 14.1. The van der Waals surface area contributed by atoms with Gasteiger partial charge in [0, 0.05) is 23.5 Å². The van der Waals surface area contributed by atoms with Crippen molar-refractivity contribution in [2.75, 3.05) is 20.8 Å². The molecular formula is C46H51ClN8O6. The number of amides is 4. The summed E-state index contributed by atoms with van der Waals surface area (Å²) in [5, 5.41) is 7.91. The van der Waals surface area contributed by atoms with Gasteiger partial charge in [-0.2, -0.15) is 0 Å². The van der Waals surface area contributed by atoms with Gasteiger partial charge in [-0.05, 0) is 91.7 Å². The average Bonchev–Trinajstić information content (AvgIpc) is 4.10. The van der Waals surface area contributed by atoms with Crippen LogP contribution in [0.25, 0.3) is 44.2 Å². The van der Waals surface area contributed by atoms with Gasteiger partial charge in [0.15, 0.2) is 0 Å². The van der Waals surface area contributed by atoms with Crippen LogP contribution in [-0.2, 0) is 19.1 Å². The predicted molar refractivity (Wildman–Crippen MR) is 233 cm³/mol. The van der Waals surface area contributed by atoms with E-state index in [9.17, 15) is 19.2 Å². The third kappa shape index (κ3) is 7.84. The van der Waals surface area contributed by atoms with Gasteiger partial charge in [0.2, 0.25) is 11.8 Å². The molecule has 0 spiro atoms. The largest absolute Gasteiger partial charge is 0.453 e. The SMILES string of the molecule is C=C1CCN(C(=O)[C@@H](NC(=O)OC)C(C)C)[C@@H]1c1ncc(-c2ccc(-c3ccc4c(ccc5[nH]c(C6[C@H]7CCC(C7)N6C(=O)[C@H](C=C(C)C)NC(=O)OC)nc54)c3)cc2Cl)[nH]1. The first kappa shape index (κ1) is 41.6. The molecule has 3 aliphatic rings. The number of hydrogen-bond acceptors (Lipinski definition) is 8. The molecule has 1 aliphatic carbocycles. The number of ether oxygens (including phenoxy) is 2. The Labute approximate surface area is 359 Å². The number of benzene rings is 3. The molecule has 6 atom stereocenters. The van der Waals surface area contributed by atoms with Crippen LogP contribution in [0.4, 0.5) is 9.59 Å². The molecule has 0 radical (unpaired) electrons. The number of allylic oxidation sites excluding steroid dienone is 1. The molecule has 5 aromatic rings. The lowest BCUT2D eigenvalue weighted by Gasteiger charge is -2.36. The van der Waals surface area contributed by atoms with Crippen molar-refractivity contribution in [1.82, 2.24) is 40.4 Å². The number of imidazole rings is 2. The molecule has 2 aliphatic heterocycles. The highest BCUT2D eigenvalue weighted by Crippen LogP contribution is 2.50. The predicted octanol–water partition coefficient (Wildman–Crippen LogP) is 8.38. The fourth-order valence-corrected chi connectivity index (χ4v) is 9.67. The number of carbonyl (C=O) groups excluding carboxylic acids is 4. The summed E-state index contributed by atoms with van der Waals surface area (Å²) in [6.07, 6.45) is 5.59. The highest BCUT2D eigenvalue weighted by atomic mass is 35.5. The molecule has 318 valence electrons. The number of aromatic nitrogens is 4. The maximum Gasteiger partial charge on any atom is 0.407 e. The van der Waals surface area contributed by atoms with Gasteiger partial charge in [0.05, 0.1) is 48.2 Å². The number of halogens is 1. The van der Waals surface area contributed by atoms with E-state index in [0.29, 0.717) is 29.5 Å². The van der Waals surface area contributed by atoms with Gasteiger partial charge in [0.1, 0.15) is 29.8 Å². The molecule has 4 amide bonds. The number of alkyl carbamates (subject to hydrolysis) is 2. The summed E-state index contributed by atoms with van der Waals surface area (Å²) in [6.45, 7) is 12.2. The summed E-state index contributed by atoms with van der Waals surface area (Å²) in [6, 6.07) is 14.0. The first-order valence-corrected chi connectivity index (χ1v) is 21.1. The topological polar surface area (TPSA) is 175 Å². The molecule has 15 heteroatoms. The molecule has 2 saturated heterocycles. The highest BCUT2D eigenvalue weighted by Gasteiger charge is 2.51. The van der Waals surface area contributed by atoms with Crippen LogP contribution < -0.4 is 10.6 Å². The minimum absolute atomic E-state index is 0.0743. The van der Waals surface area contributed by atoms with Crippen molar-refractivity contribution in [2.45, 2.75) is 83.6 Å². The van der Waals surface area contributed by atoms with Crippen LogP contribution in [0.2, 0.25) is 5.02 Å². The number of rotatable bonds is 10. The number of H-pyrrole nitrogens is 2. The van der Waals surface area contributed by atoms with Crippen molar-refractivity contribution in [3.63, 3.8) is 0 Å². The lowest BCUT2D eigenvalue weighted by Crippen LogP contribution is -2.51. The highest BCUT2D eigenvalue weighted by molar-refractivity contribution is 6.33. The number of hydrogen-bond donors (Lipinski definition) is 4. The van der Waals surface area contributed by atoms with Crippen LogP contribution in [0.5, 0.6) is 0 Å². The molecule has 4 heterocycles. The first-order chi connectivity index (χ1) is 29.3. The molecule has 2 unspecified atom stereocenters. The second-order valence-corrected chi connectivity index (χ2v) is 17.3. The average molecular weight is 847 g/mol. The monoisotopic (exact) mass is 846 g/mol. The Morgan fingerprint density at radius 3 is 2.39 bits per heavy atom. The number of piperidine rings is 1. The Kier molecular flexibility index (Phi) is 11.4. The lowest BCUT2D eigenvalue weighted by molar-refractivity contribution is -0.137. The molecule has 1 saturated carbocycles. The van der Waals surface area contributed by atoms with E-state index >= 15 is 0 Å². The van der Waals surface area contributed by atoms with Gasteiger partial charge >= 0.3 is 12.2 Å². The number of nitrogens with one attached hydrogen (secondary N) is 4. The fourth-order valence-electron chi connectivity index (χ4n) is 9.38. The van der Waals surface area contributed by atoms with Crippen molar-refractivity contribution >= 4 is 57.4 Å². The van der Waals surface area contributed by atoms with E-state index in [1.54, 1.807) is 17.2 Å². The van der Waals surface area contributed by atoms with Gasteiger partial charge in [0.25, 0.3) is 0 Å². The number of fused-ring (bicyclic) bond motifs is 5. The van der Waals surface area contributed by atoms with Crippen molar-refractivity contribution in [3.05, 3.63) is 95.2 Å². The van der Waals surface area contributed by atoms with E-state index in [1.165, 1.54) is 14.2 Å². The molecule has 14 nitrogen and oxygen atoms in total. The first-order valence-electron chi connectivity index (χ1n) is 20.7. The van der Waals surface area contributed by atoms with Crippen molar-refractivity contribution in [2.24, 2.45) is 11.8 Å². The Balaban J connectivity index is 1.03. The minimum Gasteiger partial charge on any atom is -0.453 e. The normalized spacial score (nSPS) is 20.6. The number of carbonyl (C=O) groups is 4. The summed E-state index contributed by atoms with van der Waals surface area (Å²) >= 11 is 6.97. The van der Waals surface area contributed by atoms with Crippen molar-refractivity contribution < 1.29 is 28.7 Å². The third-order valence-electron chi connectivity index (χ3n) is 12.3. The molecule has 2 bridgehead atoms. The van der Waals surface area contributed by atoms with Crippen molar-refractivity contribution in [3.8, 4) is 22.4 Å². The van der Waals surface area contributed by atoms with E-state index in [2.05, 4.69) is 56.4 Å². The van der Waals surface area contributed by atoms with E-state index in [0.717, 1.165) is 74.7 Å². The third-order valence-corrected chi connectivity index (χ3v) is 12.6. The zero-order valence-electron chi connectivity index (χ0n) is 35.2. The molecule has 61 heavy (non-hydrogen) atoms. The van der Waals surface area contributed by atoms with Gasteiger partial charge in [-0.15, -0.1) is 0 Å². The van der Waals surface area contributed by atoms with Gasteiger partial charge in [-0.3, -0.25) is 9.59 Å². The number of likely N-dealkylation sites (tertiary alicyclic amines) is 2. The molecular weight excluding hydrogens is 796 g/mol. The minimum atomic E-state index is -0.843. The maximum atomic E-state index is 14.1. The molecule has 3 fully saturated rings. The Morgan fingerprint density at radius 2 is 1.67 bits per heavy atom. The molecule has 2 aromatic heterocycles. The van der Waals surface area contributed by atoms with E-state index in [-0.39, 0.29) is 35.7 Å². The second kappa shape index (κ2) is 16.7. The van der Waals surface area contributed by atoms with Crippen molar-refractivity contribution in [1.29, 1.82) is 0 Å². The van der Waals surface area contributed by atoms with Crippen LogP contribution in [0.15, 0.2) is 78.5 Å². The van der Waals surface area contributed by atoms with Crippen LogP contribution in [0, 0.1) is 11.8 Å². The smallest absolute Gasteiger partial charge is 0.407 e. The number of methoxy groups -OCH3 is 2. The second-order valence-electron chi connectivity index (χ2n) is 16.9. The Bertz CT molecular complexity index is 2590. The van der Waals surface area contributed by atoms with Gasteiger partial charge in [-0.25, -0.2) is 19.6 Å². The summed E-state index contributed by atoms with van der Waals surface area (Å²) in [7, 11) is 2.56. The summed E-state index contributed by atoms with van der Waals surface area (Å²) in [4.78, 5) is 72.6. The van der Waals surface area contributed by atoms with Crippen LogP contribution >= 0.6 is 11.6 Å². The van der Waals surface area contributed by atoms with Gasteiger partial charge in [-0.1, -0.05) is 74.0 Å². The van der Waals surface area contributed by atoms with Gasteiger partial charge < -0.3 is 39.9 Å².